The Bertz CT molecular complexity index is 976. The first-order chi connectivity index (χ1) is 13.7. The molecule has 146 valence electrons. The van der Waals surface area contributed by atoms with Crippen molar-refractivity contribution in [2.45, 2.75) is 45.1 Å². The molecule has 4 rings (SSSR count). The SMILES string of the molecule is Cc1c(C(=O)NC(CN)C2CCCCC2)nnn1-c1ccc2ncccc2c1. The highest BCUT2D eigenvalue weighted by atomic mass is 16.2. The number of amides is 1. The van der Waals surface area contributed by atoms with Gasteiger partial charge in [-0.15, -0.1) is 5.10 Å². The fourth-order valence-corrected chi connectivity index (χ4v) is 4.12. The van der Waals surface area contributed by atoms with Crippen molar-refractivity contribution in [2.24, 2.45) is 11.7 Å². The van der Waals surface area contributed by atoms with Crippen LogP contribution in [0.1, 0.15) is 48.3 Å². The third-order valence-electron chi connectivity index (χ3n) is 5.73. The summed E-state index contributed by atoms with van der Waals surface area (Å²) in [4.78, 5) is 17.2. The number of rotatable bonds is 5. The molecule has 1 aliphatic rings. The standard InChI is InChI=1S/C21H26N6O/c1-14-20(21(28)24-19(13-22)15-6-3-2-4-7-15)25-26-27(14)17-9-10-18-16(12-17)8-5-11-23-18/h5,8-12,15,19H,2-4,6-7,13,22H2,1H3,(H,24,28). The molecule has 1 saturated carbocycles. The molecule has 0 saturated heterocycles. The van der Waals surface area contributed by atoms with Crippen LogP contribution in [-0.2, 0) is 0 Å². The van der Waals surface area contributed by atoms with Crippen molar-refractivity contribution in [2.75, 3.05) is 6.54 Å². The summed E-state index contributed by atoms with van der Waals surface area (Å²) in [5.74, 6) is 0.248. The predicted molar refractivity (Wildman–Crippen MR) is 108 cm³/mol. The van der Waals surface area contributed by atoms with Crippen LogP contribution >= 0.6 is 0 Å². The molecule has 1 atom stereocenters. The number of pyridine rings is 1. The van der Waals surface area contributed by atoms with Gasteiger partial charge in [0.1, 0.15) is 0 Å². The number of benzene rings is 1. The molecular formula is C21H26N6O. The van der Waals surface area contributed by atoms with Crippen LogP contribution in [0.4, 0.5) is 0 Å². The number of nitrogens with zero attached hydrogens (tertiary/aromatic N) is 4. The predicted octanol–water partition coefficient (Wildman–Crippen LogP) is 2.76. The molecule has 1 fully saturated rings. The van der Waals surface area contributed by atoms with Gasteiger partial charge in [0.15, 0.2) is 5.69 Å². The van der Waals surface area contributed by atoms with Crippen LogP contribution in [0.5, 0.6) is 0 Å². The molecule has 0 radical (unpaired) electrons. The molecule has 1 unspecified atom stereocenters. The zero-order valence-corrected chi connectivity index (χ0v) is 16.1. The number of carbonyl (C=O) groups excluding carboxylic acids is 1. The molecule has 0 bridgehead atoms. The summed E-state index contributed by atoms with van der Waals surface area (Å²) < 4.78 is 1.69. The van der Waals surface area contributed by atoms with Crippen molar-refractivity contribution in [3.63, 3.8) is 0 Å². The zero-order chi connectivity index (χ0) is 19.5. The first-order valence-electron chi connectivity index (χ1n) is 9.96. The summed E-state index contributed by atoms with van der Waals surface area (Å²) in [6.07, 6.45) is 7.71. The maximum Gasteiger partial charge on any atom is 0.274 e. The van der Waals surface area contributed by atoms with Gasteiger partial charge in [0.05, 0.1) is 16.9 Å². The number of hydrogen-bond acceptors (Lipinski definition) is 5. The Balaban J connectivity index is 1.55. The smallest absolute Gasteiger partial charge is 0.274 e. The average molecular weight is 378 g/mol. The Hall–Kier alpha value is -2.80. The summed E-state index contributed by atoms with van der Waals surface area (Å²) in [7, 11) is 0. The minimum atomic E-state index is -0.202. The Labute approximate surface area is 164 Å². The van der Waals surface area contributed by atoms with Crippen molar-refractivity contribution in [1.82, 2.24) is 25.3 Å². The first kappa shape index (κ1) is 18.6. The summed E-state index contributed by atoms with van der Waals surface area (Å²) >= 11 is 0. The number of aromatic nitrogens is 4. The molecule has 1 aromatic carbocycles. The molecule has 2 aromatic heterocycles. The van der Waals surface area contributed by atoms with E-state index in [1.165, 1.54) is 19.3 Å². The van der Waals surface area contributed by atoms with Crippen LogP contribution in [0.25, 0.3) is 16.6 Å². The Morgan fingerprint density at radius 2 is 2.11 bits per heavy atom. The van der Waals surface area contributed by atoms with Gasteiger partial charge in [-0.1, -0.05) is 30.5 Å². The Morgan fingerprint density at radius 1 is 1.29 bits per heavy atom. The summed E-state index contributed by atoms with van der Waals surface area (Å²) in [6.45, 7) is 2.31. The van der Waals surface area contributed by atoms with Crippen LogP contribution in [0.3, 0.4) is 0 Å². The van der Waals surface area contributed by atoms with Crippen LogP contribution in [-0.4, -0.2) is 38.5 Å². The monoisotopic (exact) mass is 378 g/mol. The summed E-state index contributed by atoms with van der Waals surface area (Å²) in [5, 5.41) is 12.5. The number of nitrogens with one attached hydrogen (secondary N) is 1. The Morgan fingerprint density at radius 3 is 2.89 bits per heavy atom. The van der Waals surface area contributed by atoms with E-state index in [0.717, 1.165) is 29.4 Å². The molecule has 7 nitrogen and oxygen atoms in total. The number of hydrogen-bond donors (Lipinski definition) is 2. The molecule has 1 aliphatic carbocycles. The second-order valence-electron chi connectivity index (χ2n) is 7.53. The van der Waals surface area contributed by atoms with E-state index in [1.807, 2.05) is 37.3 Å². The summed E-state index contributed by atoms with van der Waals surface area (Å²) in [6, 6.07) is 9.77. The molecule has 0 aliphatic heterocycles. The van der Waals surface area contributed by atoms with Gasteiger partial charge < -0.3 is 11.1 Å². The lowest BCUT2D eigenvalue weighted by Crippen LogP contribution is -2.46. The molecule has 2 heterocycles. The van der Waals surface area contributed by atoms with E-state index in [9.17, 15) is 4.79 Å². The van der Waals surface area contributed by atoms with Gasteiger partial charge in [-0.05, 0) is 49.9 Å². The molecule has 1 amide bonds. The van der Waals surface area contributed by atoms with Gasteiger partial charge >= 0.3 is 0 Å². The van der Waals surface area contributed by atoms with Crippen molar-refractivity contribution in [1.29, 1.82) is 0 Å². The highest BCUT2D eigenvalue weighted by Crippen LogP contribution is 2.26. The van der Waals surface area contributed by atoms with Crippen molar-refractivity contribution >= 4 is 16.8 Å². The van der Waals surface area contributed by atoms with E-state index in [0.29, 0.717) is 23.9 Å². The fraction of sp³-hybridized carbons (Fsp3) is 0.429. The number of fused-ring (bicyclic) bond motifs is 1. The molecule has 28 heavy (non-hydrogen) atoms. The van der Waals surface area contributed by atoms with Gasteiger partial charge in [0.25, 0.3) is 5.91 Å². The van der Waals surface area contributed by atoms with E-state index >= 15 is 0 Å². The normalized spacial score (nSPS) is 16.2. The zero-order valence-electron chi connectivity index (χ0n) is 16.1. The highest BCUT2D eigenvalue weighted by molar-refractivity contribution is 5.93. The third-order valence-corrected chi connectivity index (χ3v) is 5.73. The lowest BCUT2D eigenvalue weighted by Gasteiger charge is -2.29. The van der Waals surface area contributed by atoms with Crippen LogP contribution in [0, 0.1) is 12.8 Å². The fourth-order valence-electron chi connectivity index (χ4n) is 4.12. The first-order valence-corrected chi connectivity index (χ1v) is 9.96. The highest BCUT2D eigenvalue weighted by Gasteiger charge is 2.26. The maximum atomic E-state index is 12.8. The third kappa shape index (κ3) is 3.62. The van der Waals surface area contributed by atoms with Crippen molar-refractivity contribution in [3.05, 3.63) is 47.9 Å². The lowest BCUT2D eigenvalue weighted by molar-refractivity contribution is 0.0909. The molecular weight excluding hydrogens is 352 g/mol. The maximum absolute atomic E-state index is 12.8. The van der Waals surface area contributed by atoms with Gasteiger partial charge in [0, 0.05) is 24.2 Å². The molecule has 0 spiro atoms. The van der Waals surface area contributed by atoms with Crippen molar-refractivity contribution in [3.8, 4) is 5.69 Å². The number of nitrogens with two attached hydrogens (primary N) is 1. The van der Waals surface area contributed by atoms with E-state index in [2.05, 4.69) is 20.6 Å². The van der Waals surface area contributed by atoms with E-state index in [4.69, 9.17) is 5.73 Å². The minimum Gasteiger partial charge on any atom is -0.346 e. The van der Waals surface area contributed by atoms with Crippen LogP contribution in [0.2, 0.25) is 0 Å². The van der Waals surface area contributed by atoms with Crippen LogP contribution < -0.4 is 11.1 Å². The van der Waals surface area contributed by atoms with Crippen molar-refractivity contribution < 1.29 is 4.79 Å². The Kier molecular flexibility index (Phi) is 5.34. The van der Waals surface area contributed by atoms with Crippen LogP contribution in [0.15, 0.2) is 36.5 Å². The molecule has 3 N–H and O–H groups in total. The van der Waals surface area contributed by atoms with Gasteiger partial charge in [-0.3, -0.25) is 9.78 Å². The summed E-state index contributed by atoms with van der Waals surface area (Å²) in [5.41, 5.74) is 8.78. The van der Waals surface area contributed by atoms with E-state index in [1.54, 1.807) is 10.9 Å². The quantitative estimate of drug-likeness (QED) is 0.711. The molecule has 7 heteroatoms. The minimum absolute atomic E-state index is 0.0101. The topological polar surface area (TPSA) is 98.7 Å². The van der Waals surface area contributed by atoms with E-state index < -0.39 is 0 Å². The van der Waals surface area contributed by atoms with Gasteiger partial charge in [-0.25, -0.2) is 4.68 Å². The largest absolute Gasteiger partial charge is 0.346 e. The van der Waals surface area contributed by atoms with Gasteiger partial charge in [0.2, 0.25) is 0 Å². The average Bonchev–Trinajstić information content (AvgIpc) is 3.13. The molecule has 3 aromatic rings. The van der Waals surface area contributed by atoms with Gasteiger partial charge in [-0.2, -0.15) is 0 Å². The lowest BCUT2D eigenvalue weighted by atomic mass is 9.84. The van der Waals surface area contributed by atoms with E-state index in [-0.39, 0.29) is 11.9 Å². The second-order valence-corrected chi connectivity index (χ2v) is 7.53. The number of carbonyl (C=O) groups is 1. The second kappa shape index (κ2) is 8.06.